The number of hydrogen-bond acceptors (Lipinski definition) is 4. The van der Waals surface area contributed by atoms with Crippen molar-refractivity contribution in [1.29, 1.82) is 0 Å². The Morgan fingerprint density at radius 2 is 2.30 bits per heavy atom. The van der Waals surface area contributed by atoms with Gasteiger partial charge in [-0.05, 0) is 20.9 Å². The summed E-state index contributed by atoms with van der Waals surface area (Å²) in [7, 11) is 2.07. The predicted molar refractivity (Wildman–Crippen MR) is 48.0 cm³/mol. The van der Waals surface area contributed by atoms with Crippen LogP contribution in [0.15, 0.2) is 5.10 Å². The second-order valence-corrected chi connectivity index (χ2v) is 3.20. The zero-order valence-electron chi connectivity index (χ0n) is 6.74. The van der Waals surface area contributed by atoms with Gasteiger partial charge in [-0.15, -0.1) is 0 Å². The molecule has 60 valence electrons. The fourth-order valence-electron chi connectivity index (χ4n) is 0.343. The minimum absolute atomic E-state index is 0.582. The van der Waals surface area contributed by atoms with E-state index >= 15 is 0 Å². The van der Waals surface area contributed by atoms with Gasteiger partial charge in [-0.1, -0.05) is 11.8 Å². The molecule has 0 aromatic rings. The van der Waals surface area contributed by atoms with Crippen LogP contribution in [0.25, 0.3) is 0 Å². The predicted octanol–water partition coefficient (Wildman–Crippen LogP) is 0.919. The minimum Gasteiger partial charge on any atom is -0.323 e. The van der Waals surface area contributed by atoms with E-state index in [2.05, 4.69) is 30.9 Å². The Morgan fingerprint density at radius 1 is 1.70 bits per heavy atom. The molecule has 0 radical (unpaired) electrons. The summed E-state index contributed by atoms with van der Waals surface area (Å²) in [5.41, 5.74) is 1.65. The number of hydrazone groups is 1. The largest absolute Gasteiger partial charge is 0.323 e. The molecule has 10 heavy (non-hydrogen) atoms. The Balaban J connectivity index is 3.30. The highest BCUT2D eigenvalue weighted by Crippen LogP contribution is 2.01. The third-order valence-corrected chi connectivity index (χ3v) is 2.12. The summed E-state index contributed by atoms with van der Waals surface area (Å²) < 4.78 is 0. The molecule has 2 N–H and O–H groups in total. The van der Waals surface area contributed by atoms with Crippen molar-refractivity contribution in [1.82, 2.24) is 4.90 Å². The van der Waals surface area contributed by atoms with Gasteiger partial charge in [0.1, 0.15) is 0 Å². The molecule has 0 saturated heterocycles. The molecular weight excluding hydrogens is 146 g/mol. The van der Waals surface area contributed by atoms with Crippen molar-refractivity contribution >= 4 is 17.3 Å². The second-order valence-electron chi connectivity index (χ2n) is 2.40. The van der Waals surface area contributed by atoms with E-state index < -0.39 is 0 Å². The van der Waals surface area contributed by atoms with Crippen molar-refractivity contribution < 1.29 is 0 Å². The molecule has 0 unspecified atom stereocenters. The van der Waals surface area contributed by atoms with Gasteiger partial charge in [0, 0.05) is 6.04 Å². The van der Waals surface area contributed by atoms with Gasteiger partial charge in [0.25, 0.3) is 0 Å². The second kappa shape index (κ2) is 5.56. The molecule has 0 aliphatic rings. The number of nitrogens with two attached hydrogens (primary N) is 1. The van der Waals surface area contributed by atoms with Gasteiger partial charge in [0.15, 0.2) is 0 Å². The van der Waals surface area contributed by atoms with Crippen LogP contribution in [-0.2, 0) is 0 Å². The first-order valence-corrected chi connectivity index (χ1v) is 4.27. The van der Waals surface area contributed by atoms with E-state index in [0.29, 0.717) is 6.04 Å². The molecule has 0 bridgehead atoms. The molecular formula is C6H15N3S. The van der Waals surface area contributed by atoms with Crippen LogP contribution in [0, 0.1) is 0 Å². The average molecular weight is 161 g/mol. The van der Waals surface area contributed by atoms with Crippen molar-refractivity contribution in [3.63, 3.8) is 0 Å². The topological polar surface area (TPSA) is 41.6 Å². The van der Waals surface area contributed by atoms with E-state index in [1.165, 1.54) is 0 Å². The van der Waals surface area contributed by atoms with Crippen molar-refractivity contribution in [3.8, 4) is 0 Å². The first-order chi connectivity index (χ1) is 4.68. The van der Waals surface area contributed by atoms with E-state index in [1.807, 2.05) is 0 Å². The van der Waals surface area contributed by atoms with Crippen LogP contribution in [0.3, 0.4) is 0 Å². The van der Waals surface area contributed by atoms with Gasteiger partial charge < -0.3 is 5.84 Å². The van der Waals surface area contributed by atoms with Gasteiger partial charge in [-0.25, -0.2) is 0 Å². The number of nitrogens with zero attached hydrogens (tertiary/aromatic N) is 2. The highest BCUT2D eigenvalue weighted by atomic mass is 32.2. The zero-order valence-corrected chi connectivity index (χ0v) is 7.56. The lowest BCUT2D eigenvalue weighted by Crippen LogP contribution is -2.25. The standard InChI is InChI=1S/C6H15N3S/c1-6(2)9(3)5-10-4-8-7/h4,6H,5,7H2,1-3H3/b8-4-. The van der Waals surface area contributed by atoms with E-state index in [9.17, 15) is 0 Å². The summed E-state index contributed by atoms with van der Waals surface area (Å²) in [5.74, 6) is 5.86. The van der Waals surface area contributed by atoms with Crippen molar-refractivity contribution in [3.05, 3.63) is 0 Å². The first kappa shape index (κ1) is 9.78. The summed E-state index contributed by atoms with van der Waals surface area (Å²) in [4.78, 5) is 2.21. The van der Waals surface area contributed by atoms with Gasteiger partial charge >= 0.3 is 0 Å². The average Bonchev–Trinajstić information content (AvgIpc) is 1.88. The molecule has 3 nitrogen and oxygen atoms in total. The van der Waals surface area contributed by atoms with Crippen molar-refractivity contribution in [2.45, 2.75) is 19.9 Å². The van der Waals surface area contributed by atoms with Crippen LogP contribution < -0.4 is 5.84 Å². The molecule has 0 aromatic heterocycles. The zero-order chi connectivity index (χ0) is 7.98. The molecule has 0 amide bonds. The van der Waals surface area contributed by atoms with Crippen LogP contribution in [0.4, 0.5) is 0 Å². The van der Waals surface area contributed by atoms with Gasteiger partial charge in [0.2, 0.25) is 0 Å². The van der Waals surface area contributed by atoms with E-state index in [4.69, 9.17) is 5.84 Å². The van der Waals surface area contributed by atoms with E-state index in [1.54, 1.807) is 17.3 Å². The summed E-state index contributed by atoms with van der Waals surface area (Å²) in [5, 5.41) is 3.38. The molecule has 4 heteroatoms. The normalized spacial score (nSPS) is 12.1. The maximum atomic E-state index is 4.92. The fourth-order valence-corrected chi connectivity index (χ4v) is 1.03. The lowest BCUT2D eigenvalue weighted by atomic mass is 10.4. The molecule has 0 spiro atoms. The Morgan fingerprint density at radius 3 is 2.70 bits per heavy atom. The molecule has 0 rings (SSSR count). The molecule has 0 aliphatic heterocycles. The summed E-state index contributed by atoms with van der Waals surface area (Å²) >= 11 is 1.60. The van der Waals surface area contributed by atoms with Crippen molar-refractivity contribution in [2.75, 3.05) is 12.9 Å². The van der Waals surface area contributed by atoms with E-state index in [-0.39, 0.29) is 0 Å². The Labute approximate surface area is 66.7 Å². The number of rotatable bonds is 4. The van der Waals surface area contributed by atoms with Gasteiger partial charge in [-0.2, -0.15) is 5.10 Å². The first-order valence-electron chi connectivity index (χ1n) is 3.22. The molecule has 0 aromatic carbocycles. The SMILES string of the molecule is CC(C)N(C)CS/C=N\N. The maximum absolute atomic E-state index is 4.92. The van der Waals surface area contributed by atoms with Crippen LogP contribution in [-0.4, -0.2) is 29.4 Å². The Bertz CT molecular complexity index is 103. The van der Waals surface area contributed by atoms with Gasteiger partial charge in [-0.3, -0.25) is 4.90 Å². The lowest BCUT2D eigenvalue weighted by Gasteiger charge is -2.18. The smallest absolute Gasteiger partial charge is 0.0807 e. The van der Waals surface area contributed by atoms with Crippen molar-refractivity contribution in [2.24, 2.45) is 10.9 Å². The highest BCUT2D eigenvalue weighted by Gasteiger charge is 2.00. The molecule has 0 aliphatic carbocycles. The summed E-state index contributed by atoms with van der Waals surface area (Å²) in [6.07, 6.45) is 0. The van der Waals surface area contributed by atoms with Gasteiger partial charge in [0.05, 0.1) is 11.4 Å². The number of hydrogen-bond donors (Lipinski definition) is 1. The third kappa shape index (κ3) is 4.64. The molecule has 0 heterocycles. The maximum Gasteiger partial charge on any atom is 0.0807 e. The summed E-state index contributed by atoms with van der Waals surface area (Å²) in [6, 6.07) is 0.582. The minimum atomic E-state index is 0.582. The summed E-state index contributed by atoms with van der Waals surface area (Å²) in [6.45, 7) is 4.31. The molecule has 0 atom stereocenters. The third-order valence-electron chi connectivity index (χ3n) is 1.30. The Hall–Kier alpha value is -0.220. The number of thioether (sulfide) groups is 1. The quantitative estimate of drug-likeness (QED) is 0.219. The highest BCUT2D eigenvalue weighted by molar-refractivity contribution is 8.12. The monoisotopic (exact) mass is 161 g/mol. The molecule has 0 fully saturated rings. The van der Waals surface area contributed by atoms with E-state index in [0.717, 1.165) is 5.88 Å². The Kier molecular flexibility index (Phi) is 5.43. The molecule has 0 saturated carbocycles. The lowest BCUT2D eigenvalue weighted by molar-refractivity contribution is 0.322. The van der Waals surface area contributed by atoms with Crippen LogP contribution in [0.2, 0.25) is 0 Å². The fraction of sp³-hybridized carbons (Fsp3) is 0.833. The van der Waals surface area contributed by atoms with Crippen LogP contribution in [0.1, 0.15) is 13.8 Å². The van der Waals surface area contributed by atoms with Crippen LogP contribution >= 0.6 is 11.8 Å². The van der Waals surface area contributed by atoms with Crippen LogP contribution in [0.5, 0.6) is 0 Å².